The Morgan fingerprint density at radius 3 is 3.19 bits per heavy atom. The maximum absolute atomic E-state index is 8.94. The molecule has 0 fully saturated rings. The fourth-order valence-corrected chi connectivity index (χ4v) is 2.36. The second kappa shape index (κ2) is 5.25. The van der Waals surface area contributed by atoms with E-state index in [9.17, 15) is 0 Å². The van der Waals surface area contributed by atoms with Crippen LogP contribution in [-0.2, 0) is 6.54 Å². The van der Waals surface area contributed by atoms with Crippen LogP contribution in [0.1, 0.15) is 5.69 Å². The smallest absolute Gasteiger partial charge is 0.193 e. The highest BCUT2D eigenvalue weighted by Gasteiger charge is 2.07. The van der Waals surface area contributed by atoms with Crippen molar-refractivity contribution in [2.75, 3.05) is 19.7 Å². The maximum Gasteiger partial charge on any atom is 0.193 e. The average Bonchev–Trinajstić information content (AvgIpc) is 2.78. The third-order valence-corrected chi connectivity index (χ3v) is 3.10. The highest BCUT2D eigenvalue weighted by molar-refractivity contribution is 7.15. The first-order valence-corrected chi connectivity index (χ1v) is 6.06. The van der Waals surface area contributed by atoms with Gasteiger partial charge in [0.05, 0.1) is 12.3 Å². The van der Waals surface area contributed by atoms with Gasteiger partial charge in [0.1, 0.15) is 0 Å². The standard InChI is InChI=1S/C11H15N3OS/c1-2-3-13(4-6-15)8-10-9-14-5-7-16-11(14)12-10/h2,5,7,9,15H,1,3-4,6,8H2. The molecule has 5 heteroatoms. The summed E-state index contributed by atoms with van der Waals surface area (Å²) in [5.41, 5.74) is 1.03. The quantitative estimate of drug-likeness (QED) is 0.772. The second-order valence-electron chi connectivity index (χ2n) is 3.57. The van der Waals surface area contributed by atoms with E-state index in [2.05, 4.69) is 16.5 Å². The Morgan fingerprint density at radius 2 is 2.50 bits per heavy atom. The van der Waals surface area contributed by atoms with Gasteiger partial charge in [-0.2, -0.15) is 0 Å². The van der Waals surface area contributed by atoms with Crippen molar-refractivity contribution in [2.24, 2.45) is 0 Å². The maximum atomic E-state index is 8.94. The highest BCUT2D eigenvalue weighted by Crippen LogP contribution is 2.12. The van der Waals surface area contributed by atoms with Crippen LogP contribution in [0.3, 0.4) is 0 Å². The topological polar surface area (TPSA) is 40.8 Å². The zero-order valence-electron chi connectivity index (χ0n) is 9.04. The van der Waals surface area contributed by atoms with Crippen LogP contribution in [0.4, 0.5) is 0 Å². The third kappa shape index (κ3) is 2.49. The first-order valence-electron chi connectivity index (χ1n) is 5.18. The molecule has 0 aromatic carbocycles. The molecular weight excluding hydrogens is 222 g/mol. The molecule has 2 aromatic heterocycles. The molecule has 0 unspecified atom stereocenters. The summed E-state index contributed by atoms with van der Waals surface area (Å²) in [6.45, 7) is 6.04. The van der Waals surface area contributed by atoms with E-state index in [1.165, 1.54) is 0 Å². The van der Waals surface area contributed by atoms with Crippen LogP contribution in [0, 0.1) is 0 Å². The molecule has 0 atom stereocenters. The van der Waals surface area contributed by atoms with Crippen LogP contribution < -0.4 is 0 Å². The molecule has 4 nitrogen and oxygen atoms in total. The van der Waals surface area contributed by atoms with E-state index in [0.717, 1.165) is 23.7 Å². The second-order valence-corrected chi connectivity index (χ2v) is 4.45. The number of hydrogen-bond acceptors (Lipinski definition) is 4. The van der Waals surface area contributed by atoms with Crippen molar-refractivity contribution in [3.8, 4) is 0 Å². The van der Waals surface area contributed by atoms with Crippen molar-refractivity contribution in [1.29, 1.82) is 0 Å². The molecule has 0 saturated carbocycles. The summed E-state index contributed by atoms with van der Waals surface area (Å²) in [6.07, 6.45) is 5.87. The Labute approximate surface area is 98.5 Å². The van der Waals surface area contributed by atoms with Crippen molar-refractivity contribution in [3.63, 3.8) is 0 Å². The molecule has 1 N–H and O–H groups in total. The Hall–Kier alpha value is -1.17. The van der Waals surface area contributed by atoms with Gasteiger partial charge in [-0.25, -0.2) is 4.98 Å². The fraction of sp³-hybridized carbons (Fsp3) is 0.364. The Balaban J connectivity index is 2.06. The minimum Gasteiger partial charge on any atom is -0.395 e. The number of imidazole rings is 1. The molecule has 0 spiro atoms. The van der Waals surface area contributed by atoms with E-state index in [-0.39, 0.29) is 6.61 Å². The Morgan fingerprint density at radius 1 is 1.62 bits per heavy atom. The van der Waals surface area contributed by atoms with Gasteiger partial charge in [0.25, 0.3) is 0 Å². The van der Waals surface area contributed by atoms with Gasteiger partial charge in [0.2, 0.25) is 0 Å². The van der Waals surface area contributed by atoms with E-state index in [0.29, 0.717) is 6.54 Å². The number of hydrogen-bond donors (Lipinski definition) is 1. The normalized spacial score (nSPS) is 11.4. The fourth-order valence-electron chi connectivity index (χ4n) is 1.64. The predicted octanol–water partition coefficient (Wildman–Crippen LogP) is 1.38. The first-order chi connectivity index (χ1) is 7.83. The van der Waals surface area contributed by atoms with Crippen molar-refractivity contribution >= 4 is 16.3 Å². The largest absolute Gasteiger partial charge is 0.395 e. The third-order valence-electron chi connectivity index (χ3n) is 2.33. The number of nitrogens with zero attached hydrogens (tertiary/aromatic N) is 3. The SMILES string of the molecule is C=CCN(CCO)Cc1cn2ccsc2n1. The summed E-state index contributed by atoms with van der Waals surface area (Å²) in [5.74, 6) is 0. The lowest BCUT2D eigenvalue weighted by Crippen LogP contribution is -2.26. The number of aliphatic hydroxyl groups excluding tert-OH is 1. The van der Waals surface area contributed by atoms with Gasteiger partial charge >= 0.3 is 0 Å². The van der Waals surface area contributed by atoms with Gasteiger partial charge in [-0.1, -0.05) is 6.08 Å². The molecule has 0 aliphatic carbocycles. The van der Waals surface area contributed by atoms with E-state index >= 15 is 0 Å². The zero-order valence-corrected chi connectivity index (χ0v) is 9.86. The highest BCUT2D eigenvalue weighted by atomic mass is 32.1. The minimum atomic E-state index is 0.163. The molecule has 2 aromatic rings. The van der Waals surface area contributed by atoms with Crippen molar-refractivity contribution in [2.45, 2.75) is 6.54 Å². The van der Waals surface area contributed by atoms with Gasteiger partial charge in [-0.15, -0.1) is 17.9 Å². The lowest BCUT2D eigenvalue weighted by Gasteiger charge is -2.17. The van der Waals surface area contributed by atoms with Crippen molar-refractivity contribution < 1.29 is 5.11 Å². The molecule has 0 radical (unpaired) electrons. The van der Waals surface area contributed by atoms with Crippen LogP contribution in [0.5, 0.6) is 0 Å². The molecular formula is C11H15N3OS. The number of fused-ring (bicyclic) bond motifs is 1. The van der Waals surface area contributed by atoms with Crippen molar-refractivity contribution in [1.82, 2.24) is 14.3 Å². The zero-order chi connectivity index (χ0) is 11.4. The van der Waals surface area contributed by atoms with E-state index in [1.54, 1.807) is 11.3 Å². The van der Waals surface area contributed by atoms with Crippen LogP contribution in [0.2, 0.25) is 0 Å². The van der Waals surface area contributed by atoms with E-state index in [4.69, 9.17) is 5.11 Å². The summed E-state index contributed by atoms with van der Waals surface area (Å²) in [7, 11) is 0. The van der Waals surface area contributed by atoms with Gasteiger partial charge in [0, 0.05) is 37.4 Å². The van der Waals surface area contributed by atoms with Gasteiger partial charge in [-0.05, 0) is 0 Å². The summed E-state index contributed by atoms with van der Waals surface area (Å²) in [6, 6.07) is 0. The number of aliphatic hydroxyl groups is 1. The molecule has 0 aliphatic heterocycles. The van der Waals surface area contributed by atoms with Crippen LogP contribution in [0.25, 0.3) is 4.96 Å². The molecule has 0 saturated heterocycles. The number of rotatable bonds is 6. The lowest BCUT2D eigenvalue weighted by molar-refractivity contribution is 0.202. The number of thiazole rings is 1. The molecule has 86 valence electrons. The van der Waals surface area contributed by atoms with Crippen LogP contribution in [-0.4, -0.2) is 39.1 Å². The molecule has 0 amide bonds. The molecule has 0 aliphatic rings. The van der Waals surface area contributed by atoms with E-state index in [1.807, 2.05) is 28.3 Å². The molecule has 0 bridgehead atoms. The summed E-state index contributed by atoms with van der Waals surface area (Å²) in [5, 5.41) is 11.0. The monoisotopic (exact) mass is 237 g/mol. The van der Waals surface area contributed by atoms with Crippen molar-refractivity contribution in [3.05, 3.63) is 36.1 Å². The van der Waals surface area contributed by atoms with Crippen LogP contribution in [0.15, 0.2) is 30.4 Å². The molecule has 2 heterocycles. The Bertz CT molecular complexity index is 434. The predicted molar refractivity (Wildman–Crippen MR) is 65.6 cm³/mol. The lowest BCUT2D eigenvalue weighted by atomic mass is 10.4. The van der Waals surface area contributed by atoms with Gasteiger partial charge < -0.3 is 5.11 Å². The Kier molecular flexibility index (Phi) is 3.71. The summed E-state index contributed by atoms with van der Waals surface area (Å²) in [4.78, 5) is 7.62. The van der Waals surface area contributed by atoms with E-state index < -0.39 is 0 Å². The van der Waals surface area contributed by atoms with Gasteiger partial charge in [-0.3, -0.25) is 9.30 Å². The van der Waals surface area contributed by atoms with Gasteiger partial charge in [0.15, 0.2) is 4.96 Å². The number of aromatic nitrogens is 2. The molecule has 16 heavy (non-hydrogen) atoms. The average molecular weight is 237 g/mol. The summed E-state index contributed by atoms with van der Waals surface area (Å²) >= 11 is 1.63. The summed E-state index contributed by atoms with van der Waals surface area (Å²) < 4.78 is 2.02. The molecule has 2 rings (SSSR count). The minimum absolute atomic E-state index is 0.163. The van der Waals surface area contributed by atoms with Crippen LogP contribution >= 0.6 is 11.3 Å². The first kappa shape index (κ1) is 11.3.